The summed E-state index contributed by atoms with van der Waals surface area (Å²) < 4.78 is 19.1. The van der Waals surface area contributed by atoms with E-state index in [0.717, 1.165) is 22.3 Å². The van der Waals surface area contributed by atoms with E-state index in [1.807, 2.05) is 42.5 Å². The highest BCUT2D eigenvalue weighted by Crippen LogP contribution is 2.38. The van der Waals surface area contributed by atoms with Crippen molar-refractivity contribution in [1.29, 1.82) is 0 Å². The molecule has 5 rings (SSSR count). The third-order valence-electron chi connectivity index (χ3n) is 8.47. The van der Waals surface area contributed by atoms with Crippen LogP contribution in [0.2, 0.25) is 11.4 Å². The Labute approximate surface area is 268 Å². The van der Waals surface area contributed by atoms with Crippen molar-refractivity contribution >= 4 is 37.5 Å². The molecule has 45 heavy (non-hydrogen) atoms. The number of furan rings is 1. The number of hydrogen-bond acceptors (Lipinski definition) is 5. The van der Waals surface area contributed by atoms with E-state index in [-0.39, 0.29) is 17.7 Å². The third-order valence-corrected chi connectivity index (χ3v) is 13.5. The standard InChI is InChI=1S/C38H43BO5Si/c1-29(28-42-45(38(2,3)4,34-16-10-6-11-17-34)35-18-12-7-13-19-35)36-24-25-39(41)44-37(36)23-20-31(30-14-8-5-9-15-30)26-32-21-22-33(27-40)43-32/h5-19,21-22,24,26,37,40-41H,1,20,23,25,27-28H2,2-4H3/b31-26-. The minimum Gasteiger partial charge on any atom is -0.459 e. The molecule has 0 bridgehead atoms. The van der Waals surface area contributed by atoms with Gasteiger partial charge in [0.15, 0.2) is 0 Å². The molecule has 2 heterocycles. The molecule has 5 nitrogen and oxygen atoms in total. The van der Waals surface area contributed by atoms with Gasteiger partial charge in [-0.05, 0) is 68.7 Å². The van der Waals surface area contributed by atoms with E-state index >= 15 is 0 Å². The van der Waals surface area contributed by atoms with Crippen LogP contribution < -0.4 is 10.4 Å². The van der Waals surface area contributed by atoms with Gasteiger partial charge in [0.25, 0.3) is 8.32 Å². The lowest BCUT2D eigenvalue weighted by Crippen LogP contribution is -2.66. The van der Waals surface area contributed by atoms with Gasteiger partial charge in [-0.25, -0.2) is 0 Å². The zero-order valence-electron chi connectivity index (χ0n) is 26.5. The molecule has 0 radical (unpaired) electrons. The van der Waals surface area contributed by atoms with Crippen molar-refractivity contribution in [2.75, 3.05) is 6.61 Å². The molecule has 7 heteroatoms. The predicted molar refractivity (Wildman–Crippen MR) is 187 cm³/mol. The average Bonchev–Trinajstić information content (AvgIpc) is 3.52. The average molecular weight is 619 g/mol. The molecule has 1 aliphatic rings. The predicted octanol–water partition coefficient (Wildman–Crippen LogP) is 7.03. The van der Waals surface area contributed by atoms with Crippen molar-refractivity contribution in [3.05, 3.63) is 144 Å². The van der Waals surface area contributed by atoms with Gasteiger partial charge in [0.05, 0.1) is 12.7 Å². The summed E-state index contributed by atoms with van der Waals surface area (Å²) in [4.78, 5) is 0. The van der Waals surface area contributed by atoms with E-state index in [0.29, 0.717) is 37.3 Å². The van der Waals surface area contributed by atoms with E-state index in [4.69, 9.17) is 13.5 Å². The van der Waals surface area contributed by atoms with E-state index < -0.39 is 15.4 Å². The second-order valence-electron chi connectivity index (χ2n) is 12.6. The monoisotopic (exact) mass is 618 g/mol. The molecule has 1 aliphatic heterocycles. The van der Waals surface area contributed by atoms with Gasteiger partial charge in [-0.15, -0.1) is 0 Å². The first-order valence-electron chi connectivity index (χ1n) is 15.6. The fraction of sp³-hybridized carbons (Fsp3) is 0.263. The Morgan fingerprint density at radius 3 is 2.09 bits per heavy atom. The number of rotatable bonds is 12. The second kappa shape index (κ2) is 14.6. The molecule has 1 atom stereocenters. The van der Waals surface area contributed by atoms with Crippen LogP contribution in [-0.4, -0.2) is 38.3 Å². The van der Waals surface area contributed by atoms with Crippen LogP contribution in [0.1, 0.15) is 50.7 Å². The Morgan fingerprint density at radius 2 is 1.53 bits per heavy atom. The zero-order valence-corrected chi connectivity index (χ0v) is 27.5. The van der Waals surface area contributed by atoms with Crippen molar-refractivity contribution in [1.82, 2.24) is 0 Å². The van der Waals surface area contributed by atoms with Crippen LogP contribution in [0.3, 0.4) is 0 Å². The molecule has 0 saturated carbocycles. The van der Waals surface area contributed by atoms with E-state index in [2.05, 4.69) is 94.1 Å². The zero-order chi connectivity index (χ0) is 31.9. The summed E-state index contributed by atoms with van der Waals surface area (Å²) in [7, 11) is -3.62. The molecule has 0 amide bonds. The smallest absolute Gasteiger partial charge is 0.458 e. The highest BCUT2D eigenvalue weighted by atomic mass is 28.4. The molecule has 232 valence electrons. The highest BCUT2D eigenvalue weighted by molar-refractivity contribution is 6.99. The number of aliphatic hydroxyl groups excluding tert-OH is 1. The minimum atomic E-state index is -2.75. The van der Waals surface area contributed by atoms with Gasteiger partial charge >= 0.3 is 7.12 Å². The van der Waals surface area contributed by atoms with Crippen LogP contribution in [0.15, 0.2) is 131 Å². The van der Waals surface area contributed by atoms with E-state index in [1.165, 1.54) is 10.4 Å². The van der Waals surface area contributed by atoms with Crippen molar-refractivity contribution in [3.8, 4) is 0 Å². The first-order valence-corrected chi connectivity index (χ1v) is 17.5. The molecule has 0 saturated heterocycles. The fourth-order valence-electron chi connectivity index (χ4n) is 6.28. The fourth-order valence-corrected chi connectivity index (χ4v) is 10.8. The molecule has 1 aromatic heterocycles. The Balaban J connectivity index is 1.40. The highest BCUT2D eigenvalue weighted by Gasteiger charge is 2.50. The van der Waals surface area contributed by atoms with Crippen molar-refractivity contribution < 1.29 is 23.6 Å². The van der Waals surface area contributed by atoms with Gasteiger partial charge < -0.3 is 23.6 Å². The number of hydrogen-bond donors (Lipinski definition) is 2. The normalized spacial score (nSPS) is 16.0. The summed E-state index contributed by atoms with van der Waals surface area (Å²) in [5.74, 6) is 1.20. The van der Waals surface area contributed by atoms with Crippen LogP contribution in [0.4, 0.5) is 0 Å². The summed E-state index contributed by atoms with van der Waals surface area (Å²) in [6.45, 7) is 11.5. The second-order valence-corrected chi connectivity index (χ2v) is 16.9. The van der Waals surface area contributed by atoms with E-state index in [1.54, 1.807) is 6.07 Å². The SMILES string of the molecule is C=C(CO[Si](c1ccccc1)(c1ccccc1)C(C)(C)C)C1=CCB(O)OC1CC/C(=C/c1ccc(CO)o1)c1ccccc1. The van der Waals surface area contributed by atoms with Gasteiger partial charge in [0.1, 0.15) is 18.1 Å². The largest absolute Gasteiger partial charge is 0.459 e. The molecular weight excluding hydrogens is 575 g/mol. The van der Waals surface area contributed by atoms with Crippen molar-refractivity contribution in [3.63, 3.8) is 0 Å². The minimum absolute atomic E-state index is 0.144. The van der Waals surface area contributed by atoms with E-state index in [9.17, 15) is 10.1 Å². The molecule has 3 aromatic carbocycles. The lowest BCUT2D eigenvalue weighted by Gasteiger charge is -2.43. The molecule has 2 N–H and O–H groups in total. The van der Waals surface area contributed by atoms with Crippen LogP contribution in [-0.2, 0) is 15.7 Å². The molecular formula is C38H43BO5Si. The molecule has 0 aliphatic carbocycles. The Kier molecular flexibility index (Phi) is 10.6. The van der Waals surface area contributed by atoms with Crippen molar-refractivity contribution in [2.24, 2.45) is 0 Å². The number of aliphatic hydroxyl groups is 1. The lowest BCUT2D eigenvalue weighted by atomic mass is 9.78. The Bertz CT molecular complexity index is 1570. The first-order chi connectivity index (χ1) is 21.7. The topological polar surface area (TPSA) is 72.1 Å². The summed E-state index contributed by atoms with van der Waals surface area (Å²) in [6.07, 6.45) is 5.44. The number of allylic oxidation sites excluding steroid dienone is 2. The molecule has 0 fully saturated rings. The maximum atomic E-state index is 10.5. The molecule has 1 unspecified atom stereocenters. The first kappa shape index (κ1) is 32.7. The number of benzene rings is 3. The third kappa shape index (κ3) is 7.57. The summed E-state index contributed by atoms with van der Waals surface area (Å²) in [5.41, 5.74) is 4.00. The molecule has 0 spiro atoms. The summed E-state index contributed by atoms with van der Waals surface area (Å²) in [5, 5.41) is 22.3. The quantitative estimate of drug-likeness (QED) is 0.167. The van der Waals surface area contributed by atoms with Crippen LogP contribution in [0, 0.1) is 0 Å². The maximum absolute atomic E-state index is 10.5. The molecule has 4 aromatic rings. The van der Waals surface area contributed by atoms with Gasteiger partial charge in [-0.1, -0.05) is 124 Å². The van der Waals surface area contributed by atoms with Gasteiger partial charge in [0.2, 0.25) is 0 Å². The maximum Gasteiger partial charge on any atom is 0.458 e. The van der Waals surface area contributed by atoms with Crippen LogP contribution in [0.25, 0.3) is 11.6 Å². The van der Waals surface area contributed by atoms with Gasteiger partial charge in [0, 0.05) is 6.32 Å². The lowest BCUT2D eigenvalue weighted by molar-refractivity contribution is 0.182. The van der Waals surface area contributed by atoms with Gasteiger partial charge in [-0.3, -0.25) is 0 Å². The van der Waals surface area contributed by atoms with Crippen LogP contribution >= 0.6 is 0 Å². The summed E-state index contributed by atoms with van der Waals surface area (Å²) >= 11 is 0. The van der Waals surface area contributed by atoms with Gasteiger partial charge in [-0.2, -0.15) is 0 Å². The Morgan fingerprint density at radius 1 is 0.933 bits per heavy atom. The van der Waals surface area contributed by atoms with Crippen LogP contribution in [0.5, 0.6) is 0 Å². The summed E-state index contributed by atoms with van der Waals surface area (Å²) in [6, 6.07) is 35.0. The Hall–Kier alpha value is -3.72. The van der Waals surface area contributed by atoms with Crippen molar-refractivity contribution in [2.45, 2.75) is 57.7 Å².